The number of carboxylic acids is 1. The van der Waals surface area contributed by atoms with Gasteiger partial charge in [0, 0.05) is 19.4 Å². The van der Waals surface area contributed by atoms with E-state index in [0.717, 1.165) is 33.0 Å². The Morgan fingerprint density at radius 3 is 2.56 bits per heavy atom. The molecule has 0 amide bonds. The van der Waals surface area contributed by atoms with Gasteiger partial charge in [0.15, 0.2) is 0 Å². The minimum Gasteiger partial charge on any atom is -0.481 e. The number of carbonyl (C=O) groups is 1. The molecule has 96 valence electrons. The Kier molecular flexibility index (Phi) is 9.24. The fourth-order valence-corrected chi connectivity index (χ4v) is 1.72. The fraction of sp³-hybridized carbons (Fsp3) is 0.917. The summed E-state index contributed by atoms with van der Waals surface area (Å²) in [4.78, 5) is 9.00. The zero-order valence-electron chi connectivity index (χ0n) is 10.3. The van der Waals surface area contributed by atoms with Gasteiger partial charge in [-0.25, -0.2) is 0 Å². The van der Waals surface area contributed by atoms with Crippen LogP contribution in [0, 0.1) is 5.92 Å². The molecule has 1 heterocycles. The summed E-state index contributed by atoms with van der Waals surface area (Å²) in [5.74, 6) is -0.426. The molecule has 2 unspecified atom stereocenters. The molecule has 1 fully saturated rings. The van der Waals surface area contributed by atoms with E-state index in [1.54, 1.807) is 0 Å². The van der Waals surface area contributed by atoms with Gasteiger partial charge in [-0.1, -0.05) is 26.2 Å². The zero-order chi connectivity index (χ0) is 12.4. The first-order valence-corrected chi connectivity index (χ1v) is 6.03. The Morgan fingerprint density at radius 1 is 1.44 bits per heavy atom. The van der Waals surface area contributed by atoms with Gasteiger partial charge in [-0.3, -0.25) is 4.79 Å². The van der Waals surface area contributed by atoms with E-state index < -0.39 is 5.97 Å². The number of hydrogen-bond donors (Lipinski definition) is 2. The van der Waals surface area contributed by atoms with Crippen molar-refractivity contribution in [1.82, 2.24) is 0 Å². The summed E-state index contributed by atoms with van der Waals surface area (Å²) in [5, 5.41) is 17.0. The highest BCUT2D eigenvalue weighted by Crippen LogP contribution is 2.20. The van der Waals surface area contributed by atoms with Crippen LogP contribution < -0.4 is 0 Å². The summed E-state index contributed by atoms with van der Waals surface area (Å²) in [6.45, 7) is 4.80. The molecule has 0 aromatic carbocycles. The lowest BCUT2D eigenvalue weighted by atomic mass is 9.93. The molecule has 0 spiro atoms. The molecule has 0 radical (unpaired) electrons. The molecule has 0 aromatic heterocycles. The van der Waals surface area contributed by atoms with Crippen molar-refractivity contribution < 1.29 is 19.7 Å². The number of carboxylic acid groups (broad SMARTS) is 1. The first-order chi connectivity index (χ1) is 7.57. The van der Waals surface area contributed by atoms with Crippen LogP contribution in [0.4, 0.5) is 0 Å². The van der Waals surface area contributed by atoms with E-state index in [0.29, 0.717) is 5.92 Å². The van der Waals surface area contributed by atoms with Crippen molar-refractivity contribution in [2.75, 3.05) is 13.2 Å². The second-order valence-electron chi connectivity index (χ2n) is 4.21. The zero-order valence-corrected chi connectivity index (χ0v) is 10.3. The van der Waals surface area contributed by atoms with E-state index in [9.17, 15) is 5.11 Å². The van der Waals surface area contributed by atoms with Gasteiger partial charge in [-0.05, 0) is 12.8 Å². The van der Waals surface area contributed by atoms with Crippen molar-refractivity contribution in [2.45, 2.75) is 52.1 Å². The van der Waals surface area contributed by atoms with Crippen LogP contribution in [-0.2, 0) is 9.53 Å². The molecule has 16 heavy (non-hydrogen) atoms. The molecule has 1 aliphatic heterocycles. The van der Waals surface area contributed by atoms with Crippen LogP contribution >= 0.6 is 0 Å². The van der Waals surface area contributed by atoms with Gasteiger partial charge < -0.3 is 14.9 Å². The predicted molar refractivity (Wildman–Crippen MR) is 62.4 cm³/mol. The lowest BCUT2D eigenvalue weighted by molar-refractivity contribution is -0.134. The third-order valence-electron chi connectivity index (χ3n) is 2.61. The van der Waals surface area contributed by atoms with Crippen molar-refractivity contribution in [3.8, 4) is 0 Å². The van der Waals surface area contributed by atoms with Crippen LogP contribution in [0.15, 0.2) is 0 Å². The Morgan fingerprint density at radius 2 is 2.06 bits per heavy atom. The molecule has 0 saturated carbocycles. The van der Waals surface area contributed by atoms with Crippen molar-refractivity contribution >= 4 is 5.97 Å². The summed E-state index contributed by atoms with van der Waals surface area (Å²) in [6.07, 6.45) is 5.64. The smallest absolute Gasteiger partial charge is 0.300 e. The van der Waals surface area contributed by atoms with Crippen molar-refractivity contribution in [3.63, 3.8) is 0 Å². The molecular weight excluding hydrogens is 208 g/mol. The standard InChI is InChI=1S/C10H20O2.C2H4O2/c1-2-3-4-5-9-8-12-7-6-10(9)11;1-2(3)4/h9-11H,2-8H2,1H3;1H3,(H,3,4). The highest BCUT2D eigenvalue weighted by molar-refractivity contribution is 5.62. The Bertz CT molecular complexity index is 178. The largest absolute Gasteiger partial charge is 0.481 e. The molecule has 1 aliphatic rings. The highest BCUT2D eigenvalue weighted by atomic mass is 16.5. The first-order valence-electron chi connectivity index (χ1n) is 6.03. The molecule has 0 aliphatic carbocycles. The van der Waals surface area contributed by atoms with Crippen LogP contribution in [0.3, 0.4) is 0 Å². The van der Waals surface area contributed by atoms with Gasteiger partial charge in [-0.15, -0.1) is 0 Å². The van der Waals surface area contributed by atoms with Crippen LogP contribution in [0.1, 0.15) is 46.0 Å². The normalized spacial score (nSPS) is 24.4. The molecule has 2 atom stereocenters. The Labute approximate surface area is 97.6 Å². The molecule has 0 bridgehead atoms. The first kappa shape index (κ1) is 15.4. The summed E-state index contributed by atoms with van der Waals surface area (Å²) in [7, 11) is 0. The molecule has 1 saturated heterocycles. The Balaban J connectivity index is 0.000000487. The maximum Gasteiger partial charge on any atom is 0.300 e. The number of aliphatic hydroxyl groups is 1. The van der Waals surface area contributed by atoms with Gasteiger partial charge in [0.2, 0.25) is 0 Å². The molecular formula is C12H24O4. The average Bonchev–Trinajstić information content (AvgIpc) is 2.20. The molecule has 4 heteroatoms. The lowest BCUT2D eigenvalue weighted by Crippen LogP contribution is -2.31. The maximum absolute atomic E-state index is 9.59. The lowest BCUT2D eigenvalue weighted by Gasteiger charge is -2.27. The summed E-state index contributed by atoms with van der Waals surface area (Å²) >= 11 is 0. The summed E-state index contributed by atoms with van der Waals surface area (Å²) < 4.78 is 5.32. The number of hydrogen-bond acceptors (Lipinski definition) is 3. The van der Waals surface area contributed by atoms with Gasteiger partial charge in [-0.2, -0.15) is 0 Å². The van der Waals surface area contributed by atoms with E-state index in [4.69, 9.17) is 14.6 Å². The van der Waals surface area contributed by atoms with Crippen LogP contribution in [0.2, 0.25) is 0 Å². The third kappa shape index (κ3) is 8.68. The molecule has 4 nitrogen and oxygen atoms in total. The second kappa shape index (κ2) is 9.60. The average molecular weight is 232 g/mol. The highest BCUT2D eigenvalue weighted by Gasteiger charge is 2.22. The molecule has 0 aromatic rings. The van der Waals surface area contributed by atoms with E-state index >= 15 is 0 Å². The van der Waals surface area contributed by atoms with E-state index in [1.807, 2.05) is 0 Å². The number of ether oxygens (including phenoxy) is 1. The number of unbranched alkanes of at least 4 members (excludes halogenated alkanes) is 2. The predicted octanol–water partition coefficient (Wildman–Crippen LogP) is 2.06. The van der Waals surface area contributed by atoms with Gasteiger partial charge in [0.25, 0.3) is 5.97 Å². The quantitative estimate of drug-likeness (QED) is 0.728. The second-order valence-corrected chi connectivity index (χ2v) is 4.21. The Hall–Kier alpha value is -0.610. The minimum atomic E-state index is -0.833. The minimum absolute atomic E-state index is 0.101. The van der Waals surface area contributed by atoms with Gasteiger partial charge in [0.05, 0.1) is 12.7 Å². The topological polar surface area (TPSA) is 66.8 Å². The van der Waals surface area contributed by atoms with Crippen molar-refractivity contribution in [3.05, 3.63) is 0 Å². The SMILES string of the molecule is CC(=O)O.CCCCCC1COCCC1O. The monoisotopic (exact) mass is 232 g/mol. The molecule has 1 rings (SSSR count). The fourth-order valence-electron chi connectivity index (χ4n) is 1.72. The van der Waals surface area contributed by atoms with Gasteiger partial charge in [0.1, 0.15) is 0 Å². The van der Waals surface area contributed by atoms with Crippen LogP contribution in [0.5, 0.6) is 0 Å². The number of aliphatic hydroxyl groups excluding tert-OH is 1. The van der Waals surface area contributed by atoms with Gasteiger partial charge >= 0.3 is 0 Å². The third-order valence-corrected chi connectivity index (χ3v) is 2.61. The molecule has 2 N–H and O–H groups in total. The van der Waals surface area contributed by atoms with Crippen molar-refractivity contribution in [1.29, 1.82) is 0 Å². The van der Waals surface area contributed by atoms with E-state index in [2.05, 4.69) is 6.92 Å². The summed E-state index contributed by atoms with van der Waals surface area (Å²) in [5.41, 5.74) is 0. The number of aliphatic carboxylic acids is 1. The maximum atomic E-state index is 9.59. The van der Waals surface area contributed by atoms with Crippen LogP contribution in [-0.4, -0.2) is 35.5 Å². The van der Waals surface area contributed by atoms with E-state index in [1.165, 1.54) is 19.3 Å². The summed E-state index contributed by atoms with van der Waals surface area (Å²) in [6, 6.07) is 0. The van der Waals surface area contributed by atoms with E-state index in [-0.39, 0.29) is 6.10 Å². The van der Waals surface area contributed by atoms with Crippen molar-refractivity contribution in [2.24, 2.45) is 5.92 Å². The van der Waals surface area contributed by atoms with Crippen LogP contribution in [0.25, 0.3) is 0 Å². The number of rotatable bonds is 4.